The van der Waals surface area contributed by atoms with Gasteiger partial charge >= 0.3 is 5.97 Å². The number of carbonyl (C=O) groups is 2. The molecule has 3 aliphatic rings. The highest BCUT2D eigenvalue weighted by molar-refractivity contribution is 6.32. The first-order chi connectivity index (χ1) is 14.8. The summed E-state index contributed by atoms with van der Waals surface area (Å²) in [5.41, 5.74) is 5.30. The summed E-state index contributed by atoms with van der Waals surface area (Å²) in [7, 11) is 1.38. The molecule has 31 heavy (non-hydrogen) atoms. The lowest BCUT2D eigenvalue weighted by Crippen LogP contribution is -2.21. The van der Waals surface area contributed by atoms with E-state index in [0.717, 1.165) is 22.3 Å². The number of ether oxygens (including phenoxy) is 2. The van der Waals surface area contributed by atoms with Crippen LogP contribution in [0.2, 0.25) is 0 Å². The normalized spacial score (nSPS) is 20.5. The van der Waals surface area contributed by atoms with Gasteiger partial charge in [0.15, 0.2) is 0 Å². The van der Waals surface area contributed by atoms with E-state index in [0.29, 0.717) is 34.6 Å². The molecule has 0 fully saturated rings. The van der Waals surface area contributed by atoms with Gasteiger partial charge in [-0.1, -0.05) is 12.1 Å². The maximum Gasteiger partial charge on any atom is 0.334 e. The molecule has 0 saturated heterocycles. The van der Waals surface area contributed by atoms with Crippen LogP contribution < -0.4 is 5.32 Å². The average Bonchev–Trinajstić information content (AvgIpc) is 3.38. The summed E-state index contributed by atoms with van der Waals surface area (Å²) in [5.74, 6) is -0.597. The van der Waals surface area contributed by atoms with Crippen LogP contribution in [0.15, 0.2) is 53.8 Å². The molecule has 1 aliphatic carbocycles. The van der Waals surface area contributed by atoms with E-state index in [1.807, 2.05) is 44.2 Å². The molecule has 5 rings (SSSR count). The van der Waals surface area contributed by atoms with Gasteiger partial charge in [0.05, 0.1) is 18.4 Å². The van der Waals surface area contributed by atoms with E-state index < -0.39 is 11.4 Å². The lowest BCUT2D eigenvalue weighted by Gasteiger charge is -2.23. The number of carbonyl (C=O) groups excluding carboxylic acids is 2. The molecule has 156 valence electrons. The maximum absolute atomic E-state index is 13.6. The van der Waals surface area contributed by atoms with Crippen LogP contribution in [0, 0.1) is 5.82 Å². The van der Waals surface area contributed by atoms with Crippen LogP contribution in [0.5, 0.6) is 0 Å². The smallest absolute Gasteiger partial charge is 0.334 e. The second kappa shape index (κ2) is 6.67. The minimum Gasteiger partial charge on any atom is -0.482 e. The molecule has 2 aromatic rings. The standard InChI is InChI=1S/C25H20FNO4/c1-25(2)19(14-5-4-13-8-16(24(29)30-3)10-15(13)9-14)12-21(31-25)22-18-7-6-17(26)11-20(18)27-23(22)28/h4-7,9-12H,8H2,1-3H3,(H,27,28)/b22-21+. The Morgan fingerprint density at radius 3 is 2.74 bits per heavy atom. The van der Waals surface area contributed by atoms with Gasteiger partial charge in [0.2, 0.25) is 0 Å². The topological polar surface area (TPSA) is 64.6 Å². The Balaban J connectivity index is 1.58. The monoisotopic (exact) mass is 417 g/mol. The van der Waals surface area contributed by atoms with E-state index in [2.05, 4.69) is 5.32 Å². The first-order valence-electron chi connectivity index (χ1n) is 9.96. The zero-order valence-electron chi connectivity index (χ0n) is 17.3. The number of nitrogens with one attached hydrogen (secondary N) is 1. The number of anilines is 1. The van der Waals surface area contributed by atoms with Crippen LogP contribution in [0.25, 0.3) is 17.2 Å². The van der Waals surface area contributed by atoms with Crippen molar-refractivity contribution >= 4 is 34.8 Å². The summed E-state index contributed by atoms with van der Waals surface area (Å²) in [6.07, 6.45) is 4.27. The molecule has 6 heteroatoms. The molecule has 2 aromatic carbocycles. The van der Waals surface area contributed by atoms with E-state index in [-0.39, 0.29) is 11.9 Å². The Morgan fingerprint density at radius 2 is 1.97 bits per heavy atom. The Kier molecular flexibility index (Phi) is 4.15. The Hall–Kier alpha value is -3.67. The molecule has 0 spiro atoms. The average molecular weight is 417 g/mol. The molecular weight excluding hydrogens is 397 g/mol. The number of benzene rings is 2. The molecule has 2 heterocycles. The van der Waals surface area contributed by atoms with E-state index in [9.17, 15) is 14.0 Å². The van der Waals surface area contributed by atoms with E-state index >= 15 is 0 Å². The van der Waals surface area contributed by atoms with Crippen molar-refractivity contribution in [1.29, 1.82) is 0 Å². The van der Waals surface area contributed by atoms with Gasteiger partial charge in [-0.2, -0.15) is 0 Å². The summed E-state index contributed by atoms with van der Waals surface area (Å²) < 4.78 is 24.6. The van der Waals surface area contributed by atoms with E-state index in [4.69, 9.17) is 9.47 Å². The number of hydrogen-bond acceptors (Lipinski definition) is 4. The van der Waals surface area contributed by atoms with Crippen LogP contribution >= 0.6 is 0 Å². The molecule has 0 saturated carbocycles. The second-order valence-corrected chi connectivity index (χ2v) is 8.31. The molecule has 1 amide bonds. The summed E-state index contributed by atoms with van der Waals surface area (Å²) in [4.78, 5) is 24.5. The van der Waals surface area contributed by atoms with Crippen molar-refractivity contribution < 1.29 is 23.5 Å². The minimum atomic E-state index is -0.673. The van der Waals surface area contributed by atoms with Crippen molar-refractivity contribution in [2.75, 3.05) is 12.4 Å². The quantitative estimate of drug-likeness (QED) is 0.578. The van der Waals surface area contributed by atoms with Crippen molar-refractivity contribution in [3.63, 3.8) is 0 Å². The van der Waals surface area contributed by atoms with E-state index in [1.54, 1.807) is 6.07 Å². The number of rotatable bonds is 2. The van der Waals surface area contributed by atoms with Crippen LogP contribution in [-0.4, -0.2) is 24.6 Å². The van der Waals surface area contributed by atoms with Gasteiger partial charge in [-0.25, -0.2) is 9.18 Å². The number of halogens is 1. The van der Waals surface area contributed by atoms with Crippen molar-refractivity contribution in [3.05, 3.63) is 81.9 Å². The predicted octanol–water partition coefficient (Wildman–Crippen LogP) is 4.49. The minimum absolute atomic E-state index is 0.316. The van der Waals surface area contributed by atoms with Crippen LogP contribution in [0.4, 0.5) is 10.1 Å². The summed E-state index contributed by atoms with van der Waals surface area (Å²) in [6.45, 7) is 3.88. The second-order valence-electron chi connectivity index (χ2n) is 8.31. The zero-order chi connectivity index (χ0) is 21.9. The Morgan fingerprint density at radius 1 is 1.16 bits per heavy atom. The predicted molar refractivity (Wildman–Crippen MR) is 115 cm³/mol. The number of methoxy groups -OCH3 is 1. The molecule has 0 aromatic heterocycles. The third-order valence-electron chi connectivity index (χ3n) is 5.88. The van der Waals surface area contributed by atoms with Gasteiger partial charge in [-0.15, -0.1) is 0 Å². The molecule has 0 bridgehead atoms. The number of amides is 1. The van der Waals surface area contributed by atoms with E-state index in [1.165, 1.54) is 19.2 Å². The first kappa shape index (κ1) is 19.3. The molecule has 0 radical (unpaired) electrons. The first-order valence-corrected chi connectivity index (χ1v) is 9.96. The van der Waals surface area contributed by atoms with Crippen molar-refractivity contribution in [2.24, 2.45) is 0 Å². The molecule has 0 atom stereocenters. The fourth-order valence-electron chi connectivity index (χ4n) is 4.37. The van der Waals surface area contributed by atoms with Gasteiger partial charge in [0.1, 0.15) is 17.2 Å². The Labute approximate surface area is 178 Å². The number of hydrogen-bond donors (Lipinski definition) is 1. The maximum atomic E-state index is 13.6. The third kappa shape index (κ3) is 3.06. The lowest BCUT2D eigenvalue weighted by atomic mass is 9.90. The largest absolute Gasteiger partial charge is 0.482 e. The SMILES string of the molecule is COC(=O)C1=Cc2cc(C3=C/C(=C4\C(=O)Nc5cc(F)ccc54)OC3(C)C)ccc2C1. The molecule has 0 unspecified atom stereocenters. The fourth-order valence-corrected chi connectivity index (χ4v) is 4.37. The number of esters is 1. The number of allylic oxidation sites excluding steroid dienone is 1. The number of fused-ring (bicyclic) bond motifs is 2. The summed E-state index contributed by atoms with van der Waals surface area (Å²) in [5, 5.41) is 2.70. The van der Waals surface area contributed by atoms with Crippen LogP contribution in [0.1, 0.15) is 36.1 Å². The van der Waals surface area contributed by atoms with Crippen molar-refractivity contribution in [3.8, 4) is 0 Å². The third-order valence-corrected chi connectivity index (χ3v) is 5.88. The van der Waals surface area contributed by atoms with Gasteiger partial charge < -0.3 is 14.8 Å². The molecule has 2 aliphatic heterocycles. The molecular formula is C25H20FNO4. The zero-order valence-corrected chi connectivity index (χ0v) is 17.3. The van der Waals surface area contributed by atoms with Crippen LogP contribution in [0.3, 0.4) is 0 Å². The molecule has 5 nitrogen and oxygen atoms in total. The Bertz CT molecular complexity index is 1270. The van der Waals surface area contributed by atoms with Gasteiger partial charge in [-0.3, -0.25) is 4.79 Å². The highest BCUT2D eigenvalue weighted by Crippen LogP contribution is 2.45. The summed E-state index contributed by atoms with van der Waals surface area (Å²) in [6, 6.07) is 10.2. The van der Waals surface area contributed by atoms with Crippen LogP contribution in [-0.2, 0) is 25.5 Å². The van der Waals surface area contributed by atoms with Crippen molar-refractivity contribution in [1.82, 2.24) is 0 Å². The summed E-state index contributed by atoms with van der Waals surface area (Å²) >= 11 is 0. The lowest BCUT2D eigenvalue weighted by molar-refractivity contribution is -0.136. The molecule has 1 N–H and O–H groups in total. The van der Waals surface area contributed by atoms with Crippen molar-refractivity contribution in [2.45, 2.75) is 25.9 Å². The van der Waals surface area contributed by atoms with Gasteiger partial charge in [0.25, 0.3) is 5.91 Å². The fraction of sp³-hybridized carbons (Fsp3) is 0.200. The van der Waals surface area contributed by atoms with Gasteiger partial charge in [0, 0.05) is 23.1 Å². The highest BCUT2D eigenvalue weighted by atomic mass is 19.1. The van der Waals surface area contributed by atoms with Gasteiger partial charge in [-0.05, 0) is 67.0 Å². The highest BCUT2D eigenvalue weighted by Gasteiger charge is 2.38.